The topological polar surface area (TPSA) is 24.9 Å². The molecule has 0 aliphatic heterocycles. The number of fused-ring (bicyclic) bond motifs is 2. The summed E-state index contributed by atoms with van der Waals surface area (Å²) in [5.41, 5.74) is 1.69. The fourth-order valence-electron chi connectivity index (χ4n) is 5.30. The van der Waals surface area contributed by atoms with E-state index in [-0.39, 0.29) is 52.6 Å². The number of alkyl halides is 6. The van der Waals surface area contributed by atoms with Crippen LogP contribution >= 0.6 is 0 Å². The van der Waals surface area contributed by atoms with E-state index in [4.69, 9.17) is 9.31 Å². The molecule has 0 amide bonds. The van der Waals surface area contributed by atoms with E-state index < -0.39 is 12.6 Å². The predicted octanol–water partition coefficient (Wildman–Crippen LogP) is 6.03. The minimum atomic E-state index is -4.57. The van der Waals surface area contributed by atoms with Crippen molar-refractivity contribution in [3.8, 4) is 0 Å². The molecular formula is C32H28B2F6N2O2. The SMILES string of the molecule is FC(F)(F)N(CCOBc1c2ccccc2c(BOCCN(c2ccccc2)C(F)(F)F)c2ccccc12)c1ccccc1. The summed E-state index contributed by atoms with van der Waals surface area (Å²) in [5.74, 6) is 0. The first kappa shape index (κ1) is 31.3. The molecule has 5 aromatic rings. The van der Waals surface area contributed by atoms with Crippen LogP contribution in [-0.4, -0.2) is 53.9 Å². The molecule has 0 bridgehead atoms. The Morgan fingerprint density at radius 2 is 0.750 bits per heavy atom. The summed E-state index contributed by atoms with van der Waals surface area (Å²) in [4.78, 5) is 0.697. The van der Waals surface area contributed by atoms with Crippen LogP contribution in [0.5, 0.6) is 0 Å². The molecule has 226 valence electrons. The average Bonchev–Trinajstić information content (AvgIpc) is 3.01. The van der Waals surface area contributed by atoms with Gasteiger partial charge in [-0.25, -0.2) is 0 Å². The van der Waals surface area contributed by atoms with Gasteiger partial charge in [-0.15, -0.1) is 0 Å². The van der Waals surface area contributed by atoms with Crippen LogP contribution in [0.25, 0.3) is 21.5 Å². The Balaban J connectivity index is 1.33. The van der Waals surface area contributed by atoms with Crippen molar-refractivity contribution in [2.75, 3.05) is 36.1 Å². The molecule has 0 radical (unpaired) electrons. The third-order valence-corrected chi connectivity index (χ3v) is 7.31. The summed E-state index contributed by atoms with van der Waals surface area (Å²) in [6.07, 6.45) is -9.13. The number of halogens is 6. The highest BCUT2D eigenvalue weighted by Crippen LogP contribution is 2.29. The van der Waals surface area contributed by atoms with Gasteiger partial charge in [0.25, 0.3) is 0 Å². The average molecular weight is 608 g/mol. The van der Waals surface area contributed by atoms with Gasteiger partial charge in [0.15, 0.2) is 0 Å². The van der Waals surface area contributed by atoms with Gasteiger partial charge in [-0.05, 0) is 56.7 Å². The number of nitrogens with zero attached hydrogens (tertiary/aromatic N) is 2. The molecule has 0 unspecified atom stereocenters. The van der Waals surface area contributed by atoms with Gasteiger partial charge < -0.3 is 9.31 Å². The molecule has 0 heterocycles. The van der Waals surface area contributed by atoms with E-state index in [0.717, 1.165) is 32.5 Å². The summed E-state index contributed by atoms with van der Waals surface area (Å²) in [5, 5.41) is 3.34. The number of hydrogen-bond acceptors (Lipinski definition) is 4. The van der Waals surface area contributed by atoms with Gasteiger partial charge in [0.05, 0.1) is 0 Å². The number of hydrogen-bond donors (Lipinski definition) is 0. The van der Waals surface area contributed by atoms with Gasteiger partial charge in [-0.1, -0.05) is 84.9 Å². The van der Waals surface area contributed by atoms with E-state index in [1.807, 2.05) is 48.5 Å². The van der Waals surface area contributed by atoms with E-state index in [2.05, 4.69) is 0 Å². The van der Waals surface area contributed by atoms with Gasteiger partial charge in [0, 0.05) is 37.7 Å². The van der Waals surface area contributed by atoms with Gasteiger partial charge in [0.2, 0.25) is 0 Å². The summed E-state index contributed by atoms with van der Waals surface area (Å²) in [6, 6.07) is 30.1. The van der Waals surface area contributed by atoms with Gasteiger partial charge >= 0.3 is 27.6 Å². The second-order valence-corrected chi connectivity index (χ2v) is 10.1. The molecule has 0 spiro atoms. The molecule has 0 atom stereocenters. The lowest BCUT2D eigenvalue weighted by Gasteiger charge is -2.27. The first-order chi connectivity index (χ1) is 21.1. The Morgan fingerprint density at radius 1 is 0.455 bits per heavy atom. The quantitative estimate of drug-likeness (QED) is 0.0568. The highest BCUT2D eigenvalue weighted by molar-refractivity contribution is 6.62. The second kappa shape index (κ2) is 13.7. The molecule has 0 saturated carbocycles. The Labute approximate surface area is 252 Å². The maximum Gasteiger partial charge on any atom is 0.485 e. The van der Waals surface area contributed by atoms with Gasteiger partial charge in [-0.2, -0.15) is 26.3 Å². The Morgan fingerprint density at radius 3 is 1.05 bits per heavy atom. The lowest BCUT2D eigenvalue weighted by atomic mass is 9.72. The largest absolute Gasteiger partial charge is 0.485 e. The molecule has 0 aromatic heterocycles. The van der Waals surface area contributed by atoms with E-state index in [0.29, 0.717) is 9.80 Å². The van der Waals surface area contributed by atoms with E-state index >= 15 is 0 Å². The number of para-hydroxylation sites is 2. The predicted molar refractivity (Wildman–Crippen MR) is 167 cm³/mol. The Kier molecular flexibility index (Phi) is 9.71. The van der Waals surface area contributed by atoms with Crippen molar-refractivity contribution in [2.24, 2.45) is 0 Å². The molecule has 0 saturated heterocycles. The minimum absolute atomic E-state index is 0.0333. The summed E-state index contributed by atoms with van der Waals surface area (Å²) in [6.45, 7) is -1.10. The highest BCUT2D eigenvalue weighted by Gasteiger charge is 2.38. The van der Waals surface area contributed by atoms with Crippen molar-refractivity contribution in [3.05, 3.63) is 109 Å². The van der Waals surface area contributed by atoms with E-state index in [9.17, 15) is 26.3 Å². The fourth-order valence-corrected chi connectivity index (χ4v) is 5.30. The van der Waals surface area contributed by atoms with Crippen LogP contribution < -0.4 is 20.7 Å². The molecule has 4 nitrogen and oxygen atoms in total. The molecule has 5 rings (SSSR count). The Hall–Kier alpha value is -4.15. The van der Waals surface area contributed by atoms with Gasteiger partial charge in [-0.3, -0.25) is 9.80 Å². The lowest BCUT2D eigenvalue weighted by Crippen LogP contribution is -2.41. The van der Waals surface area contributed by atoms with Crippen LogP contribution in [0.2, 0.25) is 0 Å². The molecular weight excluding hydrogens is 580 g/mol. The third-order valence-electron chi connectivity index (χ3n) is 7.31. The van der Waals surface area contributed by atoms with Crippen molar-refractivity contribution in [1.82, 2.24) is 0 Å². The van der Waals surface area contributed by atoms with Crippen LogP contribution in [0.15, 0.2) is 109 Å². The molecule has 0 aliphatic rings. The fraction of sp³-hybridized carbons (Fsp3) is 0.188. The van der Waals surface area contributed by atoms with E-state index in [1.54, 1.807) is 36.4 Å². The second-order valence-electron chi connectivity index (χ2n) is 10.1. The first-order valence-electron chi connectivity index (χ1n) is 14.0. The smallest absolute Gasteiger partial charge is 0.432 e. The molecule has 44 heavy (non-hydrogen) atoms. The number of benzene rings is 5. The zero-order valence-electron chi connectivity index (χ0n) is 23.6. The Bertz CT molecular complexity index is 1490. The molecule has 12 heteroatoms. The summed E-state index contributed by atoms with van der Waals surface area (Å²) >= 11 is 0. The first-order valence-corrected chi connectivity index (χ1v) is 14.0. The van der Waals surface area contributed by atoms with Crippen molar-refractivity contribution in [1.29, 1.82) is 0 Å². The van der Waals surface area contributed by atoms with Crippen LogP contribution in [-0.2, 0) is 9.31 Å². The molecule has 0 N–H and O–H groups in total. The standard InChI is InChI=1S/C32H28B2F6N2O2/c35-31(36,37)41(23-11-3-1-4-12-23)19-21-43-33-29-25-15-7-9-17-27(25)30(28-18-10-8-16-26(28)29)34-44-22-20-42(32(38,39)40)24-13-5-2-6-14-24/h1-18,33-34H,19-22H2. The zero-order chi connectivity index (χ0) is 31.2. The van der Waals surface area contributed by atoms with E-state index in [1.165, 1.54) is 24.3 Å². The molecule has 0 fully saturated rings. The monoisotopic (exact) mass is 608 g/mol. The zero-order valence-corrected chi connectivity index (χ0v) is 23.6. The molecule has 0 aliphatic carbocycles. The lowest BCUT2D eigenvalue weighted by molar-refractivity contribution is -0.130. The van der Waals surface area contributed by atoms with Crippen molar-refractivity contribution < 1.29 is 35.7 Å². The normalized spacial score (nSPS) is 12.0. The number of rotatable bonds is 12. The number of anilines is 2. The minimum Gasteiger partial charge on any atom is -0.432 e. The van der Waals surface area contributed by atoms with Crippen molar-refractivity contribution >= 4 is 58.8 Å². The van der Waals surface area contributed by atoms with Gasteiger partial charge in [0.1, 0.15) is 0 Å². The van der Waals surface area contributed by atoms with Crippen molar-refractivity contribution in [2.45, 2.75) is 12.6 Å². The van der Waals surface area contributed by atoms with Crippen molar-refractivity contribution in [3.63, 3.8) is 0 Å². The van der Waals surface area contributed by atoms with Crippen LogP contribution in [0, 0.1) is 0 Å². The maximum atomic E-state index is 13.7. The molecule has 5 aromatic carbocycles. The van der Waals surface area contributed by atoms with Crippen LogP contribution in [0.3, 0.4) is 0 Å². The maximum absolute atomic E-state index is 13.7. The highest BCUT2D eigenvalue weighted by atomic mass is 19.4. The third kappa shape index (κ3) is 7.31. The van der Waals surface area contributed by atoms with Crippen LogP contribution in [0.4, 0.5) is 37.7 Å². The van der Waals surface area contributed by atoms with Crippen LogP contribution in [0.1, 0.15) is 0 Å². The summed E-state index contributed by atoms with van der Waals surface area (Å²) in [7, 11) is 0.139. The summed E-state index contributed by atoms with van der Waals surface area (Å²) < 4.78 is 94.1.